The molecule has 3 nitrogen and oxygen atoms in total. The molecule has 1 N–H and O–H groups in total. The molecule has 0 radical (unpaired) electrons. The Labute approximate surface area is 168 Å². The number of nitrogens with one attached hydrogen (secondary N) is 1. The molecule has 0 saturated carbocycles. The predicted octanol–water partition coefficient (Wildman–Crippen LogP) is 6.46. The van der Waals surface area contributed by atoms with Crippen molar-refractivity contribution < 1.29 is 9.53 Å². The molecule has 1 unspecified atom stereocenters. The van der Waals surface area contributed by atoms with Crippen LogP contribution in [0.5, 0.6) is 5.75 Å². The third-order valence-electron chi connectivity index (χ3n) is 4.11. The van der Waals surface area contributed by atoms with Gasteiger partial charge in [-0.2, -0.15) is 0 Å². The van der Waals surface area contributed by atoms with Crippen LogP contribution in [0.3, 0.4) is 0 Å². The minimum absolute atomic E-state index is 0.270. The monoisotopic (exact) mass is 399 g/mol. The normalized spacial score (nSPS) is 11.7. The fourth-order valence-electron chi connectivity index (χ4n) is 2.66. The lowest BCUT2D eigenvalue weighted by Crippen LogP contribution is -2.32. The average Bonchev–Trinajstić information content (AvgIpc) is 2.70. The number of carbonyl (C=O) groups is 1. The molecule has 138 valence electrons. The molecule has 0 spiro atoms. The number of carbonyl (C=O) groups excluding carboxylic acids is 1. The zero-order valence-electron chi connectivity index (χ0n) is 14.8. The van der Waals surface area contributed by atoms with Crippen molar-refractivity contribution in [1.29, 1.82) is 0 Å². The van der Waals surface area contributed by atoms with Gasteiger partial charge in [-0.05, 0) is 41.8 Å². The maximum Gasteiger partial charge on any atom is 0.265 e. The van der Waals surface area contributed by atoms with E-state index in [0.29, 0.717) is 27.9 Å². The molecule has 0 heterocycles. The van der Waals surface area contributed by atoms with Crippen molar-refractivity contribution in [1.82, 2.24) is 0 Å². The van der Waals surface area contributed by atoms with E-state index in [4.69, 9.17) is 27.9 Å². The highest BCUT2D eigenvalue weighted by Gasteiger charge is 2.20. The second kappa shape index (κ2) is 8.94. The summed E-state index contributed by atoms with van der Waals surface area (Å²) < 4.78 is 5.87. The minimum Gasteiger partial charge on any atom is -0.481 e. The molecule has 5 heteroatoms. The molecule has 0 bridgehead atoms. The first-order valence-corrected chi connectivity index (χ1v) is 9.41. The SMILES string of the molecule is CCC(Oc1ccc(-c2ccccc2)cc1)C(=O)Nc1cccc(Cl)c1Cl. The van der Waals surface area contributed by atoms with Crippen molar-refractivity contribution in [2.75, 3.05) is 5.32 Å². The van der Waals surface area contributed by atoms with Crippen LogP contribution in [0.2, 0.25) is 10.0 Å². The van der Waals surface area contributed by atoms with Crippen LogP contribution in [-0.4, -0.2) is 12.0 Å². The first kappa shape index (κ1) is 19.3. The lowest BCUT2D eigenvalue weighted by Gasteiger charge is -2.18. The van der Waals surface area contributed by atoms with E-state index in [1.165, 1.54) is 0 Å². The zero-order valence-corrected chi connectivity index (χ0v) is 16.3. The topological polar surface area (TPSA) is 38.3 Å². The Kier molecular flexibility index (Phi) is 6.38. The molecule has 1 atom stereocenters. The van der Waals surface area contributed by atoms with Crippen LogP contribution in [0.25, 0.3) is 11.1 Å². The van der Waals surface area contributed by atoms with Crippen LogP contribution in [0, 0.1) is 0 Å². The minimum atomic E-state index is -0.636. The second-order valence-electron chi connectivity index (χ2n) is 6.00. The molecule has 0 aliphatic heterocycles. The fraction of sp³-hybridized carbons (Fsp3) is 0.136. The van der Waals surface area contributed by atoms with Gasteiger partial charge in [0.1, 0.15) is 5.75 Å². The summed E-state index contributed by atoms with van der Waals surface area (Å²) >= 11 is 12.1. The molecule has 0 aliphatic rings. The van der Waals surface area contributed by atoms with Gasteiger partial charge >= 0.3 is 0 Å². The van der Waals surface area contributed by atoms with Gasteiger partial charge in [-0.1, -0.05) is 78.7 Å². The molecule has 3 aromatic rings. The number of halogens is 2. The third kappa shape index (κ3) is 4.82. The summed E-state index contributed by atoms with van der Waals surface area (Å²) in [4.78, 5) is 12.6. The van der Waals surface area contributed by atoms with E-state index in [2.05, 4.69) is 5.32 Å². The summed E-state index contributed by atoms with van der Waals surface area (Å²) in [6.07, 6.45) is -0.118. The molecule has 27 heavy (non-hydrogen) atoms. The quantitative estimate of drug-likeness (QED) is 0.516. The van der Waals surface area contributed by atoms with Crippen molar-refractivity contribution >= 4 is 34.8 Å². The van der Waals surface area contributed by atoms with Gasteiger partial charge < -0.3 is 10.1 Å². The average molecular weight is 400 g/mol. The van der Waals surface area contributed by atoms with Crippen LogP contribution >= 0.6 is 23.2 Å². The van der Waals surface area contributed by atoms with E-state index in [1.807, 2.05) is 61.5 Å². The number of hydrogen-bond donors (Lipinski definition) is 1. The Morgan fingerprint density at radius 2 is 1.59 bits per heavy atom. The highest BCUT2D eigenvalue weighted by atomic mass is 35.5. The van der Waals surface area contributed by atoms with E-state index in [0.717, 1.165) is 11.1 Å². The van der Waals surface area contributed by atoms with Crippen LogP contribution in [0.15, 0.2) is 72.8 Å². The maximum absolute atomic E-state index is 12.6. The summed E-state index contributed by atoms with van der Waals surface area (Å²) in [5.74, 6) is 0.364. The molecule has 0 aliphatic carbocycles. The Morgan fingerprint density at radius 1 is 0.926 bits per heavy atom. The van der Waals surface area contributed by atoms with Gasteiger partial charge in [0, 0.05) is 0 Å². The maximum atomic E-state index is 12.6. The summed E-state index contributed by atoms with van der Waals surface area (Å²) in [7, 11) is 0. The van der Waals surface area contributed by atoms with Crippen LogP contribution < -0.4 is 10.1 Å². The largest absolute Gasteiger partial charge is 0.481 e. The fourth-order valence-corrected chi connectivity index (χ4v) is 3.00. The first-order valence-electron chi connectivity index (χ1n) is 8.65. The second-order valence-corrected chi connectivity index (χ2v) is 6.78. The molecule has 0 saturated heterocycles. The highest BCUT2D eigenvalue weighted by molar-refractivity contribution is 6.44. The van der Waals surface area contributed by atoms with Gasteiger partial charge in [-0.3, -0.25) is 4.79 Å². The van der Waals surface area contributed by atoms with Crippen LogP contribution in [0.1, 0.15) is 13.3 Å². The lowest BCUT2D eigenvalue weighted by atomic mass is 10.1. The van der Waals surface area contributed by atoms with E-state index in [-0.39, 0.29) is 5.91 Å². The molecule has 0 aromatic heterocycles. The van der Waals surface area contributed by atoms with Crippen LogP contribution in [-0.2, 0) is 4.79 Å². The van der Waals surface area contributed by atoms with Crippen molar-refractivity contribution in [3.05, 3.63) is 82.8 Å². The summed E-state index contributed by atoms with van der Waals surface area (Å²) in [6.45, 7) is 1.89. The number of hydrogen-bond acceptors (Lipinski definition) is 2. The van der Waals surface area contributed by atoms with Crippen molar-refractivity contribution in [3.63, 3.8) is 0 Å². The zero-order chi connectivity index (χ0) is 19.2. The van der Waals surface area contributed by atoms with Gasteiger partial charge in [0.05, 0.1) is 15.7 Å². The summed E-state index contributed by atoms with van der Waals surface area (Å²) in [5.41, 5.74) is 2.69. The van der Waals surface area contributed by atoms with Gasteiger partial charge in [0.15, 0.2) is 6.10 Å². The highest BCUT2D eigenvalue weighted by Crippen LogP contribution is 2.30. The lowest BCUT2D eigenvalue weighted by molar-refractivity contribution is -0.122. The number of ether oxygens (including phenoxy) is 1. The Balaban J connectivity index is 1.69. The third-order valence-corrected chi connectivity index (χ3v) is 4.93. The number of benzene rings is 3. The van der Waals surface area contributed by atoms with E-state index in [9.17, 15) is 4.79 Å². The standard InChI is InChI=1S/C22H19Cl2NO2/c1-2-20(22(26)25-19-10-6-9-18(23)21(19)24)27-17-13-11-16(12-14-17)15-7-4-3-5-8-15/h3-14,20H,2H2,1H3,(H,25,26). The molecule has 3 rings (SSSR count). The molecule has 3 aromatic carbocycles. The van der Waals surface area contributed by atoms with Gasteiger partial charge in [-0.25, -0.2) is 0 Å². The Hall–Kier alpha value is -2.49. The molecular weight excluding hydrogens is 381 g/mol. The Morgan fingerprint density at radius 3 is 2.26 bits per heavy atom. The van der Waals surface area contributed by atoms with Gasteiger partial charge in [0.2, 0.25) is 0 Å². The number of anilines is 1. The molecule has 1 amide bonds. The predicted molar refractivity (Wildman–Crippen MR) is 112 cm³/mol. The molecule has 0 fully saturated rings. The van der Waals surface area contributed by atoms with Crippen molar-refractivity contribution in [2.24, 2.45) is 0 Å². The van der Waals surface area contributed by atoms with Crippen molar-refractivity contribution in [3.8, 4) is 16.9 Å². The van der Waals surface area contributed by atoms with Gasteiger partial charge in [-0.15, -0.1) is 0 Å². The van der Waals surface area contributed by atoms with Gasteiger partial charge in [0.25, 0.3) is 5.91 Å². The van der Waals surface area contributed by atoms with Crippen LogP contribution in [0.4, 0.5) is 5.69 Å². The van der Waals surface area contributed by atoms with E-state index in [1.54, 1.807) is 18.2 Å². The molecular formula is C22H19Cl2NO2. The number of amides is 1. The van der Waals surface area contributed by atoms with E-state index >= 15 is 0 Å². The Bertz CT molecular complexity index is 911. The summed E-state index contributed by atoms with van der Waals surface area (Å²) in [5, 5.41) is 3.48. The number of rotatable bonds is 6. The van der Waals surface area contributed by atoms with Crippen molar-refractivity contribution in [2.45, 2.75) is 19.4 Å². The first-order chi connectivity index (χ1) is 13.1. The smallest absolute Gasteiger partial charge is 0.265 e. The van der Waals surface area contributed by atoms with E-state index < -0.39 is 6.10 Å². The summed E-state index contributed by atoms with van der Waals surface area (Å²) in [6, 6.07) is 22.9.